The number of carbonyl (C=O) groups is 4. The van der Waals surface area contributed by atoms with E-state index in [1.54, 1.807) is 0 Å². The summed E-state index contributed by atoms with van der Waals surface area (Å²) in [7, 11) is -9.88. The third kappa shape index (κ3) is 57.2. The van der Waals surface area contributed by atoms with Crippen molar-refractivity contribution in [3.05, 3.63) is 0 Å². The van der Waals surface area contributed by atoms with Crippen molar-refractivity contribution in [3.8, 4) is 0 Å². The molecular formula is C63H122O17P2. The van der Waals surface area contributed by atoms with Gasteiger partial charge in [-0.05, 0) is 31.6 Å². The fourth-order valence-corrected chi connectivity index (χ4v) is 11.0. The monoisotopic (exact) mass is 1210 g/mol. The number of rotatable bonds is 63. The summed E-state index contributed by atoms with van der Waals surface area (Å²) in [6, 6.07) is 0. The second-order valence-corrected chi connectivity index (χ2v) is 26.2. The van der Waals surface area contributed by atoms with Crippen molar-refractivity contribution in [1.29, 1.82) is 0 Å². The predicted molar refractivity (Wildman–Crippen MR) is 326 cm³/mol. The number of esters is 4. The van der Waals surface area contributed by atoms with Crippen LogP contribution in [0.25, 0.3) is 0 Å². The lowest BCUT2D eigenvalue weighted by Gasteiger charge is -2.21. The van der Waals surface area contributed by atoms with Gasteiger partial charge < -0.3 is 33.8 Å². The normalized spacial score (nSPS) is 14.3. The van der Waals surface area contributed by atoms with Gasteiger partial charge in [0.1, 0.15) is 19.3 Å². The lowest BCUT2D eigenvalue weighted by atomic mass is 10.0. The molecule has 0 saturated carbocycles. The highest BCUT2D eigenvalue weighted by molar-refractivity contribution is 7.47. The SMILES string of the molecule is CCCCCCCCCCCCCCCC(=O)O[C@H](COC(=O)CCCCCCCCCCC(C)C)COP(=O)(O)OC[C@@H](O)COP(=O)(O)OC[C@@H](COC(=O)CCCCCCCCCCC)OC(=O)CCCCCCCCCCC. The minimum absolute atomic E-state index is 0.106. The van der Waals surface area contributed by atoms with Gasteiger partial charge in [0.2, 0.25) is 0 Å². The van der Waals surface area contributed by atoms with E-state index in [9.17, 15) is 43.2 Å². The maximum absolute atomic E-state index is 13.0. The second kappa shape index (κ2) is 56.8. The van der Waals surface area contributed by atoms with Gasteiger partial charge in [0.25, 0.3) is 0 Å². The first-order chi connectivity index (χ1) is 39.5. The Balaban J connectivity index is 5.23. The minimum atomic E-state index is -4.94. The molecule has 0 aromatic heterocycles. The Hall–Kier alpha value is -1.94. The van der Waals surface area contributed by atoms with Crippen LogP contribution < -0.4 is 0 Å². The van der Waals surface area contributed by atoms with E-state index >= 15 is 0 Å². The lowest BCUT2D eigenvalue weighted by molar-refractivity contribution is -0.161. The standard InChI is InChI=1S/C63H122O17P2/c1-6-9-12-15-18-21-22-23-24-27-34-39-44-49-63(68)80-59(53-74-61(66)47-42-37-32-29-28-30-35-40-45-56(4)5)55-78-82(71,72)76-51-57(64)50-75-81(69,70)77-54-58(79-62(67)48-43-38-33-26-20-17-14-11-8-3)52-73-60(65)46-41-36-31-25-19-16-13-10-7-2/h56-59,64H,6-55H2,1-5H3,(H,69,70)(H,71,72)/t57-,58+,59+/m0/s1. The average Bonchev–Trinajstić information content (AvgIpc) is 3.44. The van der Waals surface area contributed by atoms with Crippen LogP contribution in [-0.2, 0) is 65.4 Å². The van der Waals surface area contributed by atoms with Gasteiger partial charge in [-0.3, -0.25) is 37.3 Å². The predicted octanol–water partition coefficient (Wildman–Crippen LogP) is 17.4. The third-order valence-corrected chi connectivity index (χ3v) is 16.4. The summed E-state index contributed by atoms with van der Waals surface area (Å²) in [6.45, 7) is 7.13. The van der Waals surface area contributed by atoms with E-state index in [2.05, 4.69) is 34.6 Å². The number of unbranched alkanes of at least 4 members (excludes halogenated alkanes) is 35. The average molecular weight is 1210 g/mol. The van der Waals surface area contributed by atoms with E-state index < -0.39 is 97.5 Å². The highest BCUT2D eigenvalue weighted by Gasteiger charge is 2.30. The number of carbonyl (C=O) groups excluding carboxylic acids is 4. The molecule has 82 heavy (non-hydrogen) atoms. The number of ether oxygens (including phenoxy) is 4. The minimum Gasteiger partial charge on any atom is -0.462 e. The maximum Gasteiger partial charge on any atom is 0.472 e. The van der Waals surface area contributed by atoms with Crippen molar-refractivity contribution in [2.45, 2.75) is 335 Å². The van der Waals surface area contributed by atoms with E-state index in [0.717, 1.165) is 95.8 Å². The summed E-state index contributed by atoms with van der Waals surface area (Å²) in [5.74, 6) is -1.41. The van der Waals surface area contributed by atoms with Crippen LogP contribution in [0.5, 0.6) is 0 Å². The molecule has 17 nitrogen and oxygen atoms in total. The Morgan fingerprint density at radius 1 is 0.329 bits per heavy atom. The number of hydrogen-bond donors (Lipinski definition) is 3. The van der Waals surface area contributed by atoms with Crippen LogP contribution in [0.2, 0.25) is 0 Å². The zero-order valence-electron chi connectivity index (χ0n) is 52.6. The summed E-state index contributed by atoms with van der Waals surface area (Å²) < 4.78 is 67.9. The van der Waals surface area contributed by atoms with Crippen molar-refractivity contribution < 1.29 is 80.2 Å². The zero-order chi connectivity index (χ0) is 60.6. The summed E-state index contributed by atoms with van der Waals surface area (Å²) in [6.07, 6.45) is 40.3. The van der Waals surface area contributed by atoms with Gasteiger partial charge in [0.05, 0.1) is 26.4 Å². The molecule has 0 heterocycles. The van der Waals surface area contributed by atoms with Crippen molar-refractivity contribution >= 4 is 39.5 Å². The fourth-order valence-electron chi connectivity index (χ4n) is 9.41. The molecular weight excluding hydrogens is 1090 g/mol. The molecule has 0 spiro atoms. The van der Waals surface area contributed by atoms with Crippen LogP contribution in [0.3, 0.4) is 0 Å². The van der Waals surface area contributed by atoms with Crippen molar-refractivity contribution in [2.24, 2.45) is 5.92 Å². The second-order valence-electron chi connectivity index (χ2n) is 23.3. The molecule has 0 aliphatic heterocycles. The molecule has 2 unspecified atom stereocenters. The van der Waals surface area contributed by atoms with Crippen LogP contribution in [0.1, 0.15) is 317 Å². The molecule has 0 aliphatic rings. The topological polar surface area (TPSA) is 237 Å². The first kappa shape index (κ1) is 80.1. The van der Waals surface area contributed by atoms with Gasteiger partial charge in [-0.15, -0.1) is 0 Å². The lowest BCUT2D eigenvalue weighted by Crippen LogP contribution is -2.30. The van der Waals surface area contributed by atoms with Gasteiger partial charge in [-0.1, -0.05) is 266 Å². The molecule has 0 aliphatic carbocycles. The number of hydrogen-bond acceptors (Lipinski definition) is 15. The summed E-state index contributed by atoms with van der Waals surface area (Å²) >= 11 is 0. The van der Waals surface area contributed by atoms with Crippen LogP contribution >= 0.6 is 15.6 Å². The third-order valence-electron chi connectivity index (χ3n) is 14.5. The van der Waals surface area contributed by atoms with Crippen LogP contribution in [-0.4, -0.2) is 96.7 Å². The molecule has 3 N–H and O–H groups in total. The van der Waals surface area contributed by atoms with E-state index in [4.69, 9.17) is 37.0 Å². The van der Waals surface area contributed by atoms with Gasteiger partial charge >= 0.3 is 39.5 Å². The first-order valence-electron chi connectivity index (χ1n) is 33.1. The highest BCUT2D eigenvalue weighted by atomic mass is 31.2. The Kier molecular flexibility index (Phi) is 55.5. The molecule has 0 aromatic rings. The van der Waals surface area contributed by atoms with Gasteiger partial charge in [-0.2, -0.15) is 0 Å². The van der Waals surface area contributed by atoms with Crippen LogP contribution in [0.4, 0.5) is 0 Å². The fraction of sp³-hybridized carbons (Fsp3) is 0.937. The van der Waals surface area contributed by atoms with Crippen molar-refractivity contribution in [2.75, 3.05) is 39.6 Å². The summed E-state index contributed by atoms with van der Waals surface area (Å²) in [4.78, 5) is 72.1. The van der Waals surface area contributed by atoms with Crippen molar-refractivity contribution in [3.63, 3.8) is 0 Å². The van der Waals surface area contributed by atoms with Gasteiger partial charge in [-0.25, -0.2) is 9.13 Å². The Labute approximate surface area is 498 Å². The van der Waals surface area contributed by atoms with E-state index in [1.807, 2.05) is 0 Å². The molecule has 0 saturated heterocycles. The summed E-state index contributed by atoms with van der Waals surface area (Å²) in [5, 5.41) is 10.5. The number of phosphoric ester groups is 2. The summed E-state index contributed by atoms with van der Waals surface area (Å²) in [5.41, 5.74) is 0. The molecule has 486 valence electrons. The number of phosphoric acid groups is 2. The van der Waals surface area contributed by atoms with Crippen LogP contribution in [0.15, 0.2) is 0 Å². The molecule has 5 atom stereocenters. The first-order valence-corrected chi connectivity index (χ1v) is 36.1. The van der Waals surface area contributed by atoms with E-state index in [1.165, 1.54) is 141 Å². The van der Waals surface area contributed by atoms with E-state index in [-0.39, 0.29) is 25.7 Å². The maximum atomic E-state index is 13.0. The molecule has 19 heteroatoms. The number of aliphatic hydroxyl groups excluding tert-OH is 1. The molecule has 0 bridgehead atoms. The van der Waals surface area contributed by atoms with Gasteiger partial charge in [0.15, 0.2) is 12.2 Å². The Bertz CT molecular complexity index is 1600. The molecule has 0 fully saturated rings. The Morgan fingerprint density at radius 2 is 0.561 bits per heavy atom. The largest absolute Gasteiger partial charge is 0.472 e. The molecule has 0 rings (SSSR count). The number of aliphatic hydroxyl groups is 1. The quantitative estimate of drug-likeness (QED) is 0.0222. The van der Waals surface area contributed by atoms with Crippen LogP contribution in [0, 0.1) is 5.92 Å². The zero-order valence-corrected chi connectivity index (χ0v) is 54.4. The highest BCUT2D eigenvalue weighted by Crippen LogP contribution is 2.45. The Morgan fingerprint density at radius 3 is 0.829 bits per heavy atom. The molecule has 0 aromatic carbocycles. The van der Waals surface area contributed by atoms with Crippen molar-refractivity contribution in [1.82, 2.24) is 0 Å². The molecule has 0 radical (unpaired) electrons. The van der Waals surface area contributed by atoms with Gasteiger partial charge in [0, 0.05) is 25.7 Å². The van der Waals surface area contributed by atoms with E-state index in [0.29, 0.717) is 25.7 Å². The molecule has 0 amide bonds. The smallest absolute Gasteiger partial charge is 0.462 e.